The molecule has 0 aromatic rings. The fraction of sp³-hybridized carbons (Fsp3) is 0.875. The normalized spacial score (nSPS) is 22.4. The summed E-state index contributed by atoms with van der Waals surface area (Å²) in [4.78, 5) is 14.1. The molecule has 0 bridgehead atoms. The second kappa shape index (κ2) is 5.72. The number of sulfone groups is 1. The first kappa shape index (κ1) is 12.8. The van der Waals surface area contributed by atoms with E-state index in [4.69, 9.17) is 5.53 Å². The van der Waals surface area contributed by atoms with Gasteiger partial charge in [0.2, 0.25) is 5.91 Å². The molecule has 1 unspecified atom stereocenters. The summed E-state index contributed by atoms with van der Waals surface area (Å²) in [5.74, 6) is -0.578. The maximum Gasteiger partial charge on any atom is 0.224 e. The van der Waals surface area contributed by atoms with E-state index in [1.54, 1.807) is 0 Å². The SMILES string of the molecule is [N-]=[N+]=NCCCNC(=O)C1CCS(=O)(=O)C1. The zero-order valence-electron chi connectivity index (χ0n) is 8.79. The van der Waals surface area contributed by atoms with E-state index in [1.807, 2.05) is 0 Å². The van der Waals surface area contributed by atoms with Crippen LogP contribution < -0.4 is 5.32 Å². The number of nitrogens with one attached hydrogen (secondary N) is 1. The molecule has 1 aliphatic heterocycles. The molecule has 7 nitrogen and oxygen atoms in total. The minimum absolute atomic E-state index is 0.0464. The average molecular weight is 246 g/mol. The van der Waals surface area contributed by atoms with Crippen molar-refractivity contribution in [1.29, 1.82) is 0 Å². The van der Waals surface area contributed by atoms with Crippen molar-refractivity contribution >= 4 is 15.7 Å². The van der Waals surface area contributed by atoms with Gasteiger partial charge in [0, 0.05) is 18.0 Å². The minimum Gasteiger partial charge on any atom is -0.356 e. The Morgan fingerprint density at radius 3 is 2.88 bits per heavy atom. The molecule has 1 aliphatic rings. The summed E-state index contributed by atoms with van der Waals surface area (Å²) in [5.41, 5.74) is 8.01. The first-order valence-corrected chi connectivity index (χ1v) is 6.86. The molecule has 1 fully saturated rings. The number of azide groups is 1. The van der Waals surface area contributed by atoms with Crippen molar-refractivity contribution < 1.29 is 13.2 Å². The summed E-state index contributed by atoms with van der Waals surface area (Å²) in [6.45, 7) is 0.744. The predicted octanol–water partition coefficient (Wildman–Crippen LogP) is 0.238. The van der Waals surface area contributed by atoms with Crippen molar-refractivity contribution in [3.05, 3.63) is 10.4 Å². The van der Waals surface area contributed by atoms with Crippen LogP contribution in [0.1, 0.15) is 12.8 Å². The van der Waals surface area contributed by atoms with Crippen LogP contribution in [0.4, 0.5) is 0 Å². The van der Waals surface area contributed by atoms with Crippen LogP contribution in [0.2, 0.25) is 0 Å². The molecule has 1 N–H and O–H groups in total. The Morgan fingerprint density at radius 1 is 1.56 bits per heavy atom. The molecule has 0 aliphatic carbocycles. The van der Waals surface area contributed by atoms with Crippen LogP contribution in [0.25, 0.3) is 10.4 Å². The Kier molecular flexibility index (Phi) is 4.57. The van der Waals surface area contributed by atoms with Crippen LogP contribution in [0.5, 0.6) is 0 Å². The fourth-order valence-electron chi connectivity index (χ4n) is 1.55. The van der Waals surface area contributed by atoms with Crippen molar-refractivity contribution in [1.82, 2.24) is 5.32 Å². The maximum absolute atomic E-state index is 11.5. The van der Waals surface area contributed by atoms with Crippen molar-refractivity contribution in [3.8, 4) is 0 Å². The van der Waals surface area contributed by atoms with Crippen molar-refractivity contribution in [2.75, 3.05) is 24.6 Å². The maximum atomic E-state index is 11.5. The predicted molar refractivity (Wildman–Crippen MR) is 58.4 cm³/mol. The van der Waals surface area contributed by atoms with Gasteiger partial charge in [-0.05, 0) is 18.4 Å². The van der Waals surface area contributed by atoms with Gasteiger partial charge in [0.1, 0.15) is 0 Å². The summed E-state index contributed by atoms with van der Waals surface area (Å²) in [6.07, 6.45) is 0.972. The van der Waals surface area contributed by atoms with E-state index >= 15 is 0 Å². The van der Waals surface area contributed by atoms with Crippen LogP contribution in [0.15, 0.2) is 5.11 Å². The molecule has 90 valence electrons. The monoisotopic (exact) mass is 246 g/mol. The molecule has 0 aromatic carbocycles. The quantitative estimate of drug-likeness (QED) is 0.324. The second-order valence-electron chi connectivity index (χ2n) is 3.70. The highest BCUT2D eigenvalue weighted by Crippen LogP contribution is 2.18. The lowest BCUT2D eigenvalue weighted by Gasteiger charge is -2.08. The zero-order valence-corrected chi connectivity index (χ0v) is 9.61. The second-order valence-corrected chi connectivity index (χ2v) is 5.93. The molecule has 1 atom stereocenters. The van der Waals surface area contributed by atoms with Gasteiger partial charge < -0.3 is 5.32 Å². The summed E-state index contributed by atoms with van der Waals surface area (Å²) >= 11 is 0. The van der Waals surface area contributed by atoms with Gasteiger partial charge in [-0.15, -0.1) is 0 Å². The van der Waals surface area contributed by atoms with Crippen LogP contribution in [-0.4, -0.2) is 38.9 Å². The molecule has 16 heavy (non-hydrogen) atoms. The van der Waals surface area contributed by atoms with Gasteiger partial charge in [-0.25, -0.2) is 8.42 Å². The van der Waals surface area contributed by atoms with Gasteiger partial charge >= 0.3 is 0 Å². The van der Waals surface area contributed by atoms with Gasteiger partial charge in [-0.3, -0.25) is 4.79 Å². The molecule has 0 aromatic heterocycles. The first-order chi connectivity index (χ1) is 7.55. The first-order valence-electron chi connectivity index (χ1n) is 5.04. The number of rotatable bonds is 5. The zero-order chi connectivity index (χ0) is 12.0. The van der Waals surface area contributed by atoms with E-state index in [0.29, 0.717) is 25.9 Å². The van der Waals surface area contributed by atoms with Gasteiger partial charge in [-0.1, -0.05) is 5.11 Å². The third-order valence-electron chi connectivity index (χ3n) is 2.40. The van der Waals surface area contributed by atoms with E-state index < -0.39 is 15.8 Å². The number of hydrogen-bond donors (Lipinski definition) is 1. The molecule has 0 radical (unpaired) electrons. The van der Waals surface area contributed by atoms with Crippen molar-refractivity contribution in [3.63, 3.8) is 0 Å². The number of nitrogens with zero attached hydrogens (tertiary/aromatic N) is 3. The number of hydrogen-bond acceptors (Lipinski definition) is 4. The largest absolute Gasteiger partial charge is 0.356 e. The Morgan fingerprint density at radius 2 is 2.31 bits per heavy atom. The van der Waals surface area contributed by atoms with E-state index in [9.17, 15) is 13.2 Å². The van der Waals surface area contributed by atoms with E-state index in [0.717, 1.165) is 0 Å². The molecule has 0 spiro atoms. The van der Waals surface area contributed by atoms with Gasteiger partial charge in [0.05, 0.1) is 17.4 Å². The molecule has 1 rings (SSSR count). The molecule has 1 saturated heterocycles. The van der Waals surface area contributed by atoms with Crippen molar-refractivity contribution in [2.24, 2.45) is 11.0 Å². The van der Waals surface area contributed by atoms with Crippen LogP contribution in [0, 0.1) is 5.92 Å². The Bertz CT molecular complexity index is 400. The summed E-state index contributed by atoms with van der Waals surface area (Å²) in [5, 5.41) is 5.96. The van der Waals surface area contributed by atoms with E-state index in [-0.39, 0.29) is 17.4 Å². The summed E-state index contributed by atoms with van der Waals surface area (Å²) in [7, 11) is -3.01. The fourth-order valence-corrected chi connectivity index (χ4v) is 3.29. The van der Waals surface area contributed by atoms with E-state index in [2.05, 4.69) is 15.3 Å². The van der Waals surface area contributed by atoms with Gasteiger partial charge in [0.15, 0.2) is 9.84 Å². The number of carbonyl (C=O) groups is 1. The highest BCUT2D eigenvalue weighted by atomic mass is 32.2. The van der Waals surface area contributed by atoms with Crippen LogP contribution in [-0.2, 0) is 14.6 Å². The highest BCUT2D eigenvalue weighted by Gasteiger charge is 2.32. The molecule has 0 saturated carbocycles. The Labute approximate surface area is 93.8 Å². The van der Waals surface area contributed by atoms with Crippen LogP contribution >= 0.6 is 0 Å². The molecular formula is C8H14N4O3S. The van der Waals surface area contributed by atoms with Crippen LogP contribution in [0.3, 0.4) is 0 Å². The molecule has 8 heteroatoms. The number of amides is 1. The standard InChI is InChI=1S/C8H14N4O3S/c9-12-11-4-1-3-10-8(13)7-2-5-16(14,15)6-7/h7H,1-6H2,(H,10,13). The number of carbonyl (C=O) groups excluding carboxylic acids is 1. The lowest BCUT2D eigenvalue weighted by Crippen LogP contribution is -2.32. The van der Waals surface area contributed by atoms with E-state index in [1.165, 1.54) is 0 Å². The summed E-state index contributed by atoms with van der Waals surface area (Å²) < 4.78 is 22.3. The Balaban J connectivity index is 2.23. The molecule has 1 heterocycles. The lowest BCUT2D eigenvalue weighted by atomic mass is 10.1. The lowest BCUT2D eigenvalue weighted by molar-refractivity contribution is -0.124. The molecular weight excluding hydrogens is 232 g/mol. The average Bonchev–Trinajstić information content (AvgIpc) is 2.58. The van der Waals surface area contributed by atoms with Gasteiger partial charge in [0.25, 0.3) is 0 Å². The van der Waals surface area contributed by atoms with Gasteiger partial charge in [-0.2, -0.15) is 0 Å². The topological polar surface area (TPSA) is 112 Å². The smallest absolute Gasteiger partial charge is 0.224 e. The highest BCUT2D eigenvalue weighted by molar-refractivity contribution is 7.91. The minimum atomic E-state index is -3.01. The molecule has 1 amide bonds. The third-order valence-corrected chi connectivity index (χ3v) is 4.17. The third kappa shape index (κ3) is 4.08. The summed E-state index contributed by atoms with van der Waals surface area (Å²) in [6, 6.07) is 0. The Hall–Kier alpha value is -1.27. The van der Waals surface area contributed by atoms with Crippen molar-refractivity contribution in [2.45, 2.75) is 12.8 Å².